The first kappa shape index (κ1) is 42.3. The van der Waals surface area contributed by atoms with E-state index in [1.165, 1.54) is 11.1 Å². The van der Waals surface area contributed by atoms with Gasteiger partial charge in [-0.3, -0.25) is 14.4 Å². The number of fused-ring (bicyclic) bond motifs is 1. The molecule has 0 unspecified atom stereocenters. The Balaban J connectivity index is 1.78. The molecule has 4 rings (SSSR count). The van der Waals surface area contributed by atoms with Crippen LogP contribution in [0.25, 0.3) is 5.70 Å². The van der Waals surface area contributed by atoms with Crippen molar-refractivity contribution in [2.75, 3.05) is 56.6 Å². The number of nitrogens with zero attached hydrogens (tertiary/aromatic N) is 8. The maximum absolute atomic E-state index is 13.6. The van der Waals surface area contributed by atoms with Crippen molar-refractivity contribution in [3.63, 3.8) is 0 Å². The zero-order valence-electron chi connectivity index (χ0n) is 33.5. The summed E-state index contributed by atoms with van der Waals surface area (Å²) in [5.41, 5.74) is 1.01. The summed E-state index contributed by atoms with van der Waals surface area (Å²) in [6.07, 6.45) is -0.197. The zero-order chi connectivity index (χ0) is 40.4. The van der Waals surface area contributed by atoms with Crippen LogP contribution in [0, 0.1) is 11.3 Å². The molecule has 1 saturated heterocycles. The molecule has 3 heterocycles. The molecular formula is C38H55F2N9O4Si. The Kier molecular flexibility index (Phi) is 12.6. The number of carbonyl (C=O) groups excluding carboxylic acids is 2. The molecule has 1 atom stereocenters. The number of benzene rings is 1. The zero-order valence-corrected chi connectivity index (χ0v) is 34.5. The molecule has 13 nitrogen and oxygen atoms in total. The van der Waals surface area contributed by atoms with Crippen molar-refractivity contribution < 1.29 is 27.5 Å². The standard InChI is InChI=1S/C38H55F2N9O4Si/c1-13-28(43-34(42-9)44-29-21-48(22-30(39)40)45-31(29)33(50)47-16-14-46(10)15-17-47)25-18-26(20-41)32-27(19-25)38(8,24-52-54(11,12)37(5,6)7)23-49(32)35(51)53-36(2,3)4/h13,18-19,21,30H,9,14-17,22-24H2,1-8,10-12H3,(H,43,44)/b28-13-/t38-/m1/s1. The first-order valence-electron chi connectivity index (χ1n) is 18.1. The van der Waals surface area contributed by atoms with Crippen molar-refractivity contribution >= 4 is 50.1 Å². The van der Waals surface area contributed by atoms with Gasteiger partial charge in [-0.25, -0.2) is 23.6 Å². The van der Waals surface area contributed by atoms with E-state index < -0.39 is 44.3 Å². The van der Waals surface area contributed by atoms with Gasteiger partial charge in [0.05, 0.1) is 22.6 Å². The van der Waals surface area contributed by atoms with Gasteiger partial charge in [0.25, 0.3) is 12.3 Å². The number of carbonyl (C=O) groups is 2. The Morgan fingerprint density at radius 2 is 1.81 bits per heavy atom. The van der Waals surface area contributed by atoms with E-state index in [1.807, 2.05) is 20.0 Å². The fraction of sp³-hybridized carbons (Fsp3) is 0.579. The maximum atomic E-state index is 13.6. The summed E-state index contributed by atoms with van der Waals surface area (Å²) in [6, 6.07) is 5.83. The highest BCUT2D eigenvalue weighted by atomic mass is 28.4. The van der Waals surface area contributed by atoms with Crippen molar-refractivity contribution in [3.8, 4) is 6.07 Å². The Bertz CT molecular complexity index is 1850. The molecule has 0 aliphatic carbocycles. The van der Waals surface area contributed by atoms with Gasteiger partial charge in [-0.05, 0) is 77.3 Å². The minimum atomic E-state index is -2.69. The first-order chi connectivity index (χ1) is 25.0. The van der Waals surface area contributed by atoms with Gasteiger partial charge in [0, 0.05) is 56.5 Å². The average Bonchev–Trinajstić information content (AvgIpc) is 3.61. The second-order valence-corrected chi connectivity index (χ2v) is 21.5. The van der Waals surface area contributed by atoms with Gasteiger partial charge in [-0.1, -0.05) is 33.8 Å². The van der Waals surface area contributed by atoms with Crippen molar-refractivity contribution in [2.45, 2.75) is 97.5 Å². The number of guanidine groups is 1. The molecule has 0 spiro atoms. The van der Waals surface area contributed by atoms with E-state index in [0.717, 1.165) is 10.2 Å². The van der Waals surface area contributed by atoms with Crippen molar-refractivity contribution in [2.24, 2.45) is 9.98 Å². The summed E-state index contributed by atoms with van der Waals surface area (Å²) < 4.78 is 40.4. The fourth-order valence-electron chi connectivity index (χ4n) is 5.98. The van der Waals surface area contributed by atoms with Crippen LogP contribution in [0.4, 0.5) is 25.0 Å². The number of hydrogen-bond donors (Lipinski definition) is 1. The quantitative estimate of drug-likeness (QED) is 0.164. The molecule has 1 N–H and O–H groups in total. The van der Waals surface area contributed by atoms with Gasteiger partial charge < -0.3 is 24.3 Å². The van der Waals surface area contributed by atoms with Gasteiger partial charge in [0.1, 0.15) is 18.2 Å². The minimum Gasteiger partial charge on any atom is -0.443 e. The SMILES string of the molecule is C=N/C(=N\C(=C/C)c1cc(C#N)c2c(c1)[C@@](C)(CO[Si](C)(C)C(C)(C)C)CN2C(=O)OC(C)(C)C)Nc1cn(CC(F)F)nc1C(=O)N1CCN(C)CC1. The van der Waals surface area contributed by atoms with Crippen LogP contribution in [0.3, 0.4) is 0 Å². The molecule has 1 aromatic heterocycles. The number of rotatable bonds is 9. The van der Waals surface area contributed by atoms with Crippen molar-refractivity contribution in [1.29, 1.82) is 5.26 Å². The third kappa shape index (κ3) is 9.60. The predicted molar refractivity (Wildman–Crippen MR) is 211 cm³/mol. The van der Waals surface area contributed by atoms with E-state index >= 15 is 0 Å². The van der Waals surface area contributed by atoms with Crippen LogP contribution in [-0.2, 0) is 21.1 Å². The number of alkyl halides is 2. The highest BCUT2D eigenvalue weighted by Crippen LogP contribution is 2.47. The number of allylic oxidation sites excluding steroid dienone is 1. The maximum Gasteiger partial charge on any atom is 0.414 e. The van der Waals surface area contributed by atoms with Gasteiger partial charge >= 0.3 is 6.09 Å². The largest absolute Gasteiger partial charge is 0.443 e. The number of amides is 2. The summed E-state index contributed by atoms with van der Waals surface area (Å²) in [4.78, 5) is 41.3. The number of piperazine rings is 1. The Morgan fingerprint density at radius 1 is 1.17 bits per heavy atom. The summed E-state index contributed by atoms with van der Waals surface area (Å²) in [5.74, 6) is -0.426. The van der Waals surface area contributed by atoms with E-state index in [4.69, 9.17) is 14.2 Å². The number of aliphatic imine (C=N–C) groups is 2. The lowest BCUT2D eigenvalue weighted by Gasteiger charge is -2.39. The minimum absolute atomic E-state index is 0.0227. The van der Waals surface area contributed by atoms with Gasteiger partial charge in [0.2, 0.25) is 5.96 Å². The van der Waals surface area contributed by atoms with Crippen LogP contribution in [0.1, 0.15) is 82.6 Å². The van der Waals surface area contributed by atoms with Crippen molar-refractivity contribution in [1.82, 2.24) is 19.6 Å². The van der Waals surface area contributed by atoms with Crippen LogP contribution in [0.2, 0.25) is 18.1 Å². The number of ether oxygens (including phenoxy) is 1. The lowest BCUT2D eigenvalue weighted by Crippen LogP contribution is -2.47. The fourth-order valence-corrected chi connectivity index (χ4v) is 7.09. The highest BCUT2D eigenvalue weighted by Gasteiger charge is 2.47. The number of nitrogens with one attached hydrogen (secondary N) is 1. The molecule has 54 heavy (non-hydrogen) atoms. The van der Waals surface area contributed by atoms with Gasteiger partial charge in [-0.2, -0.15) is 10.4 Å². The summed E-state index contributed by atoms with van der Waals surface area (Å²) in [6.45, 7) is 25.7. The number of halogens is 2. The molecule has 2 amide bonds. The number of nitriles is 1. The molecule has 16 heteroatoms. The van der Waals surface area contributed by atoms with Crippen LogP contribution in [0.15, 0.2) is 34.4 Å². The summed E-state index contributed by atoms with van der Waals surface area (Å²) in [5, 5.41) is 17.6. The molecule has 2 aliphatic rings. The Morgan fingerprint density at radius 3 is 2.35 bits per heavy atom. The van der Waals surface area contributed by atoms with E-state index in [9.17, 15) is 23.6 Å². The molecule has 2 aromatic rings. The van der Waals surface area contributed by atoms with Gasteiger partial charge in [-0.15, -0.1) is 0 Å². The van der Waals surface area contributed by atoms with Crippen LogP contribution >= 0.6 is 0 Å². The molecule has 0 bridgehead atoms. The molecule has 1 fully saturated rings. The topological polar surface area (TPSA) is 141 Å². The first-order valence-corrected chi connectivity index (χ1v) is 21.0. The van der Waals surface area contributed by atoms with E-state index in [2.05, 4.69) is 67.0 Å². The van der Waals surface area contributed by atoms with Crippen LogP contribution < -0.4 is 10.2 Å². The average molecular weight is 768 g/mol. The monoisotopic (exact) mass is 767 g/mol. The molecule has 1 aromatic carbocycles. The predicted octanol–water partition coefficient (Wildman–Crippen LogP) is 6.97. The molecule has 0 radical (unpaired) electrons. The van der Waals surface area contributed by atoms with E-state index in [-0.39, 0.29) is 34.5 Å². The second kappa shape index (κ2) is 16.1. The molecule has 294 valence electrons. The Labute approximate surface area is 318 Å². The molecular weight excluding hydrogens is 713 g/mol. The number of anilines is 2. The highest BCUT2D eigenvalue weighted by molar-refractivity contribution is 6.74. The summed E-state index contributed by atoms with van der Waals surface area (Å²) >= 11 is 0. The number of hydrogen-bond acceptors (Lipinski definition) is 8. The van der Waals surface area contributed by atoms with Crippen LogP contribution in [-0.4, -0.2) is 111 Å². The Hall–Kier alpha value is -4.46. The molecule has 0 saturated carbocycles. The van der Waals surface area contributed by atoms with Crippen LogP contribution in [0.5, 0.6) is 0 Å². The second-order valence-electron chi connectivity index (χ2n) is 16.7. The normalized spacial score (nSPS) is 18.8. The smallest absolute Gasteiger partial charge is 0.414 e. The molecule has 2 aliphatic heterocycles. The van der Waals surface area contributed by atoms with Gasteiger partial charge in [0.15, 0.2) is 14.0 Å². The number of likely N-dealkylation sites (N-methyl/N-ethyl adjacent to an activating group) is 1. The summed E-state index contributed by atoms with van der Waals surface area (Å²) in [7, 11) is -0.266. The van der Waals surface area contributed by atoms with E-state index in [1.54, 1.807) is 44.7 Å². The van der Waals surface area contributed by atoms with E-state index in [0.29, 0.717) is 49.7 Å². The third-order valence-electron chi connectivity index (χ3n) is 10.1. The lowest BCUT2D eigenvalue weighted by molar-refractivity contribution is 0.0574. The third-order valence-corrected chi connectivity index (χ3v) is 14.6. The van der Waals surface area contributed by atoms with Crippen molar-refractivity contribution in [3.05, 3.63) is 46.8 Å². The lowest BCUT2D eigenvalue weighted by atomic mass is 9.83. The number of aromatic nitrogens is 2.